The van der Waals surface area contributed by atoms with Gasteiger partial charge in [-0.1, -0.05) is 24.3 Å². The first-order valence-electron chi connectivity index (χ1n) is 6.60. The Morgan fingerprint density at radius 3 is 2.79 bits per heavy atom. The van der Waals surface area contributed by atoms with Gasteiger partial charge in [0.25, 0.3) is 0 Å². The van der Waals surface area contributed by atoms with Crippen molar-refractivity contribution in [3.8, 4) is 0 Å². The highest BCUT2D eigenvalue weighted by atomic mass is 32.2. The molecule has 0 bridgehead atoms. The van der Waals surface area contributed by atoms with Crippen LogP contribution in [0.3, 0.4) is 0 Å². The van der Waals surface area contributed by atoms with Gasteiger partial charge in [0.2, 0.25) is 0 Å². The number of benzene rings is 1. The third-order valence-electron chi connectivity index (χ3n) is 2.97. The first-order valence-corrected chi connectivity index (χ1v) is 7.76. The van der Waals surface area contributed by atoms with Crippen LogP contribution in [0.15, 0.2) is 42.6 Å². The number of nitrogens with zero attached hydrogens (tertiary/aromatic N) is 1. The molecule has 0 aliphatic carbocycles. The first kappa shape index (κ1) is 13.9. The third kappa shape index (κ3) is 4.28. The summed E-state index contributed by atoms with van der Waals surface area (Å²) in [7, 11) is 0. The van der Waals surface area contributed by atoms with Gasteiger partial charge in [-0.25, -0.2) is 4.98 Å². The van der Waals surface area contributed by atoms with Crippen LogP contribution >= 0.6 is 11.8 Å². The number of rotatable bonds is 6. The van der Waals surface area contributed by atoms with E-state index in [1.54, 1.807) is 0 Å². The summed E-state index contributed by atoms with van der Waals surface area (Å²) in [6.45, 7) is 5.17. The maximum Gasteiger partial charge on any atom is 0.126 e. The molecule has 1 N–H and O–H groups in total. The molecule has 0 saturated carbocycles. The van der Waals surface area contributed by atoms with E-state index < -0.39 is 0 Å². The van der Waals surface area contributed by atoms with E-state index in [1.165, 1.54) is 16.7 Å². The van der Waals surface area contributed by atoms with Crippen molar-refractivity contribution in [1.82, 2.24) is 4.98 Å². The molecule has 0 unspecified atom stereocenters. The molecule has 0 aliphatic heterocycles. The van der Waals surface area contributed by atoms with Gasteiger partial charge in [0.15, 0.2) is 0 Å². The van der Waals surface area contributed by atoms with Crippen molar-refractivity contribution in [2.24, 2.45) is 0 Å². The van der Waals surface area contributed by atoms with Crippen molar-refractivity contribution in [1.29, 1.82) is 0 Å². The number of hydrogen-bond donors (Lipinski definition) is 1. The predicted octanol–water partition coefficient (Wildman–Crippen LogP) is 4.26. The average Bonchev–Trinajstić information content (AvgIpc) is 2.42. The first-order chi connectivity index (χ1) is 9.29. The van der Waals surface area contributed by atoms with Crippen molar-refractivity contribution in [3.63, 3.8) is 0 Å². The lowest BCUT2D eigenvalue weighted by Crippen LogP contribution is -1.99. The van der Waals surface area contributed by atoms with Gasteiger partial charge in [-0.05, 0) is 42.7 Å². The van der Waals surface area contributed by atoms with Gasteiger partial charge in [0.1, 0.15) is 5.82 Å². The van der Waals surface area contributed by atoms with Crippen LogP contribution in [0.2, 0.25) is 0 Å². The summed E-state index contributed by atoms with van der Waals surface area (Å²) in [6.07, 6.45) is 1.88. The van der Waals surface area contributed by atoms with E-state index in [1.807, 2.05) is 18.0 Å². The molecule has 2 nitrogen and oxygen atoms in total. The van der Waals surface area contributed by atoms with Crippen LogP contribution in [0.5, 0.6) is 0 Å². The predicted molar refractivity (Wildman–Crippen MR) is 84.6 cm³/mol. The second-order valence-corrected chi connectivity index (χ2v) is 5.48. The van der Waals surface area contributed by atoms with Crippen molar-refractivity contribution < 1.29 is 0 Å². The van der Waals surface area contributed by atoms with Crippen LogP contribution in [0.4, 0.5) is 5.82 Å². The molecule has 0 fully saturated rings. The van der Waals surface area contributed by atoms with Gasteiger partial charge >= 0.3 is 0 Å². The summed E-state index contributed by atoms with van der Waals surface area (Å²) in [5.74, 6) is 3.05. The fraction of sp³-hybridized carbons (Fsp3) is 0.312. The SMILES string of the molecule is CCNc1cc(CSCc2ccccc2C)ccn1. The Labute approximate surface area is 119 Å². The van der Waals surface area contributed by atoms with E-state index in [-0.39, 0.29) is 0 Å². The number of aryl methyl sites for hydroxylation is 1. The number of nitrogens with one attached hydrogen (secondary N) is 1. The average molecular weight is 272 g/mol. The Hall–Kier alpha value is -1.48. The molecule has 1 aromatic carbocycles. The largest absolute Gasteiger partial charge is 0.370 e. The van der Waals surface area contributed by atoms with Crippen LogP contribution in [0.1, 0.15) is 23.6 Å². The van der Waals surface area contributed by atoms with Crippen molar-refractivity contribution >= 4 is 17.6 Å². The summed E-state index contributed by atoms with van der Waals surface area (Å²) in [6, 6.07) is 12.8. The van der Waals surface area contributed by atoms with Gasteiger partial charge in [0.05, 0.1) is 0 Å². The van der Waals surface area contributed by atoms with E-state index in [9.17, 15) is 0 Å². The van der Waals surface area contributed by atoms with E-state index in [4.69, 9.17) is 0 Å². The molecule has 2 aromatic rings. The lowest BCUT2D eigenvalue weighted by molar-refractivity contribution is 1.15. The summed E-state index contributed by atoms with van der Waals surface area (Å²) in [5, 5.41) is 3.24. The molecule has 0 aliphatic rings. The Morgan fingerprint density at radius 2 is 2.00 bits per heavy atom. The van der Waals surface area contributed by atoms with Crippen molar-refractivity contribution in [2.45, 2.75) is 25.4 Å². The Bertz CT molecular complexity index is 526. The minimum atomic E-state index is 0.910. The Balaban J connectivity index is 1.89. The van der Waals surface area contributed by atoms with Crippen LogP contribution in [0, 0.1) is 6.92 Å². The fourth-order valence-corrected chi connectivity index (χ4v) is 2.95. The van der Waals surface area contributed by atoms with Gasteiger partial charge < -0.3 is 5.32 Å². The lowest BCUT2D eigenvalue weighted by Gasteiger charge is -2.07. The zero-order valence-corrected chi connectivity index (χ0v) is 12.3. The fourth-order valence-electron chi connectivity index (χ4n) is 1.89. The standard InChI is InChI=1S/C16H20N2S/c1-3-17-16-10-14(8-9-18-16)11-19-12-15-7-5-4-6-13(15)2/h4-10H,3,11-12H2,1-2H3,(H,17,18). The molecular formula is C16H20N2S. The zero-order valence-electron chi connectivity index (χ0n) is 11.5. The molecule has 19 heavy (non-hydrogen) atoms. The van der Waals surface area contributed by atoms with Gasteiger partial charge in [-0.3, -0.25) is 0 Å². The molecule has 0 atom stereocenters. The molecule has 1 aromatic heterocycles. The summed E-state index contributed by atoms with van der Waals surface area (Å²) < 4.78 is 0. The van der Waals surface area contributed by atoms with Gasteiger partial charge in [-0.2, -0.15) is 11.8 Å². The highest BCUT2D eigenvalue weighted by Crippen LogP contribution is 2.20. The van der Waals surface area contributed by atoms with Crippen LogP contribution in [-0.4, -0.2) is 11.5 Å². The third-order valence-corrected chi connectivity index (χ3v) is 4.02. The molecular weight excluding hydrogens is 252 g/mol. The monoisotopic (exact) mass is 272 g/mol. The summed E-state index contributed by atoms with van der Waals surface area (Å²) in [5.41, 5.74) is 4.12. The number of aromatic nitrogens is 1. The molecule has 0 spiro atoms. The molecule has 0 amide bonds. The minimum absolute atomic E-state index is 0.910. The zero-order chi connectivity index (χ0) is 13.5. The Morgan fingerprint density at radius 1 is 1.16 bits per heavy atom. The van der Waals surface area contributed by atoms with E-state index in [0.29, 0.717) is 0 Å². The van der Waals surface area contributed by atoms with Crippen molar-refractivity contribution in [2.75, 3.05) is 11.9 Å². The Kier molecular flexibility index (Phi) is 5.28. The normalized spacial score (nSPS) is 10.4. The van der Waals surface area contributed by atoms with E-state index in [2.05, 4.69) is 60.5 Å². The van der Waals surface area contributed by atoms with Crippen molar-refractivity contribution in [3.05, 3.63) is 59.3 Å². The maximum atomic E-state index is 4.29. The quantitative estimate of drug-likeness (QED) is 0.850. The summed E-state index contributed by atoms with van der Waals surface area (Å²) >= 11 is 1.94. The van der Waals surface area contributed by atoms with Crippen LogP contribution < -0.4 is 5.32 Å². The minimum Gasteiger partial charge on any atom is -0.370 e. The second-order valence-electron chi connectivity index (χ2n) is 4.50. The number of hydrogen-bond acceptors (Lipinski definition) is 3. The number of thioether (sulfide) groups is 1. The van der Waals surface area contributed by atoms with E-state index in [0.717, 1.165) is 23.9 Å². The lowest BCUT2D eigenvalue weighted by atomic mass is 10.1. The highest BCUT2D eigenvalue weighted by molar-refractivity contribution is 7.97. The molecule has 0 radical (unpaired) electrons. The highest BCUT2D eigenvalue weighted by Gasteiger charge is 2.00. The molecule has 0 saturated heterocycles. The molecule has 1 heterocycles. The molecule has 2 rings (SSSR count). The second kappa shape index (κ2) is 7.19. The maximum absolute atomic E-state index is 4.29. The molecule has 100 valence electrons. The molecule has 3 heteroatoms. The van der Waals surface area contributed by atoms with Gasteiger partial charge in [0, 0.05) is 24.2 Å². The van der Waals surface area contributed by atoms with Gasteiger partial charge in [-0.15, -0.1) is 0 Å². The van der Waals surface area contributed by atoms with Crippen LogP contribution in [-0.2, 0) is 11.5 Å². The topological polar surface area (TPSA) is 24.9 Å². The van der Waals surface area contributed by atoms with Crippen LogP contribution in [0.25, 0.3) is 0 Å². The van der Waals surface area contributed by atoms with E-state index >= 15 is 0 Å². The summed E-state index contributed by atoms with van der Waals surface area (Å²) in [4.78, 5) is 4.29. The number of anilines is 1. The smallest absolute Gasteiger partial charge is 0.126 e. The number of pyridine rings is 1.